The lowest BCUT2D eigenvalue weighted by molar-refractivity contribution is -0.380. The van der Waals surface area contributed by atoms with Gasteiger partial charge in [0.25, 0.3) is 0 Å². The van der Waals surface area contributed by atoms with Crippen LogP contribution < -0.4 is 0 Å². The molecule has 0 aromatic heterocycles. The van der Waals surface area contributed by atoms with E-state index in [4.69, 9.17) is 66.7 Å². The maximum atomic E-state index is 13.6. The van der Waals surface area contributed by atoms with Crippen LogP contribution in [0.4, 0.5) is 0 Å². The van der Waals surface area contributed by atoms with Crippen molar-refractivity contribution < 1.29 is 168 Å². The third kappa shape index (κ3) is 18.7. The van der Waals surface area contributed by atoms with Gasteiger partial charge in [0.15, 0.2) is 31.3 Å². The highest BCUT2D eigenvalue weighted by molar-refractivity contribution is 5.90. The Bertz CT molecular complexity index is 2520. The molecule has 0 amide bonds. The fourth-order valence-corrected chi connectivity index (χ4v) is 14.3. The highest BCUT2D eigenvalue weighted by Crippen LogP contribution is 2.46. The van der Waals surface area contributed by atoms with Crippen molar-refractivity contribution in [2.75, 3.05) is 33.5 Å². The van der Waals surface area contributed by atoms with Gasteiger partial charge in [-0.15, -0.1) is 0 Å². The van der Waals surface area contributed by atoms with Gasteiger partial charge < -0.3 is 148 Å². The predicted octanol–water partition coefficient (Wildman–Crippen LogP) is -6.58. The molecule has 5 aliphatic heterocycles. The Hall–Kier alpha value is -3.68. The molecule has 0 spiro atoms. The van der Waals surface area contributed by atoms with Crippen molar-refractivity contribution in [1.29, 1.82) is 0 Å². The van der Waals surface area contributed by atoms with Crippen LogP contribution in [0.2, 0.25) is 0 Å². The summed E-state index contributed by atoms with van der Waals surface area (Å²) in [5, 5.41) is 183. The van der Waals surface area contributed by atoms with E-state index in [0.29, 0.717) is 44.9 Å². The number of carbonyl (C=O) groups is 4. The zero-order valence-corrected chi connectivity index (χ0v) is 52.2. The van der Waals surface area contributed by atoms with E-state index in [2.05, 4.69) is 0 Å². The second-order valence-electron chi connectivity index (χ2n) is 26.4. The van der Waals surface area contributed by atoms with E-state index in [1.54, 1.807) is 6.08 Å². The number of carboxylic acids is 1. The first-order chi connectivity index (χ1) is 45.2. The summed E-state index contributed by atoms with van der Waals surface area (Å²) in [5.41, 5.74) is 0. The molecule has 34 heteroatoms. The Balaban J connectivity index is 0.961. The molecule has 0 bridgehead atoms. The van der Waals surface area contributed by atoms with Crippen LogP contribution in [-0.4, -0.2) is 328 Å². The molecule has 12 unspecified atom stereocenters. The second-order valence-corrected chi connectivity index (χ2v) is 26.4. The maximum Gasteiger partial charge on any atom is 0.330 e. The van der Waals surface area contributed by atoms with Crippen molar-refractivity contribution in [3.05, 3.63) is 24.3 Å². The van der Waals surface area contributed by atoms with Gasteiger partial charge in [0.1, 0.15) is 111 Å². The monoisotopic (exact) mass is 1370 g/mol. The van der Waals surface area contributed by atoms with E-state index in [0.717, 1.165) is 12.2 Å². The molecule has 17 N–H and O–H groups in total. The zero-order valence-electron chi connectivity index (χ0n) is 52.2. The summed E-state index contributed by atoms with van der Waals surface area (Å²) in [7, 11) is 1.44. The molecule has 32 atom stereocenters. The molecule has 542 valence electrons. The molecule has 95 heavy (non-hydrogen) atoms. The van der Waals surface area contributed by atoms with Crippen LogP contribution in [0.15, 0.2) is 24.3 Å². The van der Waals surface area contributed by atoms with E-state index in [1.807, 2.05) is 0 Å². The highest BCUT2D eigenvalue weighted by Gasteiger charge is 2.57. The maximum absolute atomic E-state index is 13.6. The Kier molecular flexibility index (Phi) is 27.1. The first-order valence-corrected chi connectivity index (χ1v) is 32.5. The zero-order chi connectivity index (χ0) is 68.7. The van der Waals surface area contributed by atoms with Crippen molar-refractivity contribution in [2.45, 2.75) is 274 Å². The van der Waals surface area contributed by atoms with Crippen molar-refractivity contribution in [3.8, 4) is 0 Å². The average molecular weight is 1370 g/mol. The molecule has 0 aromatic carbocycles. The standard InChI is InChI=1S/C61H94O34/c1-83-35-14-25(4-10-31(35)66)6-13-43(71)94-56-51(79)46(74)38(21-63)91-61(56)95-57-52(80)48(76)40(22-84-42(70)12-5-24-2-8-28(9-3-24)86-58-53(81)49(77)45(73)37(20-62)90-58)93-60(57)89-36-18-29-33(87-55(36)26-7-11-30(65)32(67)15-26)16-27(64)17-34(29)88-59-54(82)50(78)47(75)39(92-59)23-85-44(72)19-41(68)69/h5-6,12-13,24-40,45-67,73-82H,2-4,7-11,14-23H2,1H3,(H,68,69)/t24?,25?,26?,27?,28?,29?,30?,31?,32?,33?,34?,35?,36?,37-,38-,39-,40-,45-,46-,47-,48-,49+,50+,51+,52+,53-,54-,55?,56-,57-,58-,59-,60-,61+/m1/s1. The van der Waals surface area contributed by atoms with Crippen LogP contribution in [0.5, 0.6) is 0 Å². The number of carboxylic acid groups (broad SMARTS) is 1. The number of ether oxygens (including phenoxy) is 13. The number of hydrogen-bond acceptors (Lipinski definition) is 33. The normalized spacial score (nSPS) is 46.8. The van der Waals surface area contributed by atoms with Crippen molar-refractivity contribution in [2.24, 2.45) is 23.7 Å². The minimum absolute atomic E-state index is 0.0190. The topological polar surface area (TPSA) is 532 Å². The highest BCUT2D eigenvalue weighted by atomic mass is 16.8. The number of carbonyl (C=O) groups excluding carboxylic acids is 3. The van der Waals surface area contributed by atoms with E-state index in [-0.39, 0.29) is 50.4 Å². The van der Waals surface area contributed by atoms with E-state index in [9.17, 15) is 101 Å². The van der Waals surface area contributed by atoms with Crippen LogP contribution in [0.1, 0.15) is 89.9 Å². The number of aliphatic hydroxyl groups excluding tert-OH is 16. The molecule has 9 aliphatic rings. The van der Waals surface area contributed by atoms with Gasteiger partial charge in [-0.3, -0.25) is 9.59 Å². The van der Waals surface area contributed by atoms with Gasteiger partial charge in [-0.25, -0.2) is 9.59 Å². The lowest BCUT2D eigenvalue weighted by Crippen LogP contribution is -2.66. The Morgan fingerprint density at radius 1 is 0.453 bits per heavy atom. The van der Waals surface area contributed by atoms with Crippen LogP contribution >= 0.6 is 0 Å². The molecular weight excluding hydrogens is 1280 g/mol. The van der Waals surface area contributed by atoms with Gasteiger partial charge in [0, 0.05) is 31.6 Å². The summed E-state index contributed by atoms with van der Waals surface area (Å²) in [4.78, 5) is 50.4. The van der Waals surface area contributed by atoms with Gasteiger partial charge in [-0.1, -0.05) is 12.2 Å². The number of allylic oxidation sites excluding steroid dienone is 2. The first kappa shape index (κ1) is 75.5. The summed E-state index contributed by atoms with van der Waals surface area (Å²) < 4.78 is 77.5. The molecule has 5 heterocycles. The van der Waals surface area contributed by atoms with E-state index in [1.165, 1.54) is 13.2 Å². The number of rotatable bonds is 23. The van der Waals surface area contributed by atoms with Gasteiger partial charge >= 0.3 is 23.9 Å². The molecular formula is C61H94O34. The van der Waals surface area contributed by atoms with Crippen LogP contribution in [-0.2, 0) is 80.8 Å². The average Bonchev–Trinajstić information content (AvgIpc) is 0.801. The van der Waals surface area contributed by atoms with Crippen LogP contribution in [0, 0.1) is 23.7 Å². The van der Waals surface area contributed by atoms with Gasteiger partial charge in [0.2, 0.25) is 0 Å². The summed E-state index contributed by atoms with van der Waals surface area (Å²) in [6.45, 7) is -3.12. The molecule has 4 aliphatic carbocycles. The molecule has 9 rings (SSSR count). The van der Waals surface area contributed by atoms with Crippen LogP contribution in [0.25, 0.3) is 0 Å². The van der Waals surface area contributed by atoms with Gasteiger partial charge in [-0.05, 0) is 94.8 Å². The van der Waals surface area contributed by atoms with Gasteiger partial charge in [-0.2, -0.15) is 0 Å². The smallest absolute Gasteiger partial charge is 0.330 e. The minimum Gasteiger partial charge on any atom is -0.481 e. The summed E-state index contributed by atoms with van der Waals surface area (Å²) >= 11 is 0. The fraction of sp³-hybridized carbons (Fsp3) is 0.869. The SMILES string of the molecule is COC1CC(C=CC(=O)O[C@H]2[C@H](O[C@H]3[C@H](OC4CC5C(CC(O)CC5O[C@@H]5O[C@H](COC(=O)CC(=O)O)[C@@H](O)[C@H](O)[C@H]5O)OC4C4CCC(O)C(O)C4)O[C@H](COC(=O)C=CC4CCC(O[C@@H]5O[C@H](CO)[C@@H](O)[C@H](O)[C@H]5O)CC4)[C@@H](O)[C@@H]3O)O[C@H](CO)[C@@H](O)[C@@H]2O)CCC1O. The number of fused-ring (bicyclic) bond motifs is 1. The fourth-order valence-electron chi connectivity index (χ4n) is 14.3. The molecule has 4 saturated carbocycles. The molecule has 5 saturated heterocycles. The first-order valence-electron chi connectivity index (χ1n) is 32.5. The number of methoxy groups -OCH3 is 1. The number of aliphatic carboxylic acids is 1. The Labute approximate surface area is 545 Å². The molecule has 9 fully saturated rings. The molecule has 34 nitrogen and oxygen atoms in total. The Morgan fingerprint density at radius 2 is 0.989 bits per heavy atom. The number of hydrogen-bond donors (Lipinski definition) is 17. The second kappa shape index (κ2) is 34.1. The van der Waals surface area contributed by atoms with Gasteiger partial charge in [0.05, 0.1) is 74.3 Å². The largest absolute Gasteiger partial charge is 0.481 e. The minimum atomic E-state index is -2.13. The predicted molar refractivity (Wildman–Crippen MR) is 308 cm³/mol. The molecule has 0 radical (unpaired) electrons. The Morgan fingerprint density at radius 3 is 1.64 bits per heavy atom. The lowest BCUT2D eigenvalue weighted by atomic mass is 9.72. The lowest BCUT2D eigenvalue weighted by Gasteiger charge is -2.53. The number of esters is 3. The number of aliphatic hydroxyl groups is 16. The van der Waals surface area contributed by atoms with Crippen molar-refractivity contribution in [1.82, 2.24) is 0 Å². The van der Waals surface area contributed by atoms with E-state index < -0.39 is 252 Å². The third-order valence-electron chi connectivity index (χ3n) is 19.8. The van der Waals surface area contributed by atoms with E-state index >= 15 is 0 Å². The summed E-state index contributed by atoms with van der Waals surface area (Å²) in [5.74, 6) is -6.65. The van der Waals surface area contributed by atoms with Crippen molar-refractivity contribution >= 4 is 23.9 Å². The molecule has 0 aromatic rings. The van der Waals surface area contributed by atoms with Crippen LogP contribution in [0.3, 0.4) is 0 Å². The quantitative estimate of drug-likeness (QED) is 0.0196. The summed E-state index contributed by atoms with van der Waals surface area (Å²) in [6.07, 6.45) is -38.3. The van der Waals surface area contributed by atoms with Crippen molar-refractivity contribution in [3.63, 3.8) is 0 Å². The summed E-state index contributed by atoms with van der Waals surface area (Å²) in [6, 6.07) is 0. The third-order valence-corrected chi connectivity index (χ3v) is 19.8.